The van der Waals surface area contributed by atoms with Crippen LogP contribution in [0.5, 0.6) is 0 Å². The molecule has 1 fully saturated rings. The molecule has 1 amide bonds. The van der Waals surface area contributed by atoms with Gasteiger partial charge in [0, 0.05) is 6.42 Å². The number of amides is 1. The van der Waals surface area contributed by atoms with Crippen LogP contribution in [-0.4, -0.2) is 18.2 Å². The molecule has 0 aliphatic heterocycles. The van der Waals surface area contributed by atoms with Gasteiger partial charge in [-0.25, -0.2) is 9.59 Å². The molecule has 5 heteroatoms. The molecule has 1 aliphatic rings. The van der Waals surface area contributed by atoms with Crippen molar-refractivity contribution >= 4 is 12.1 Å². The molecule has 1 saturated carbocycles. The van der Waals surface area contributed by atoms with E-state index in [1.807, 2.05) is 0 Å². The molecule has 5 nitrogen and oxygen atoms in total. The van der Waals surface area contributed by atoms with Gasteiger partial charge < -0.3 is 9.57 Å². The Morgan fingerprint density at radius 2 is 1.70 bits per heavy atom. The average Bonchev–Trinajstić information content (AvgIpc) is 2.93. The zero-order valence-electron chi connectivity index (χ0n) is 12.5. The largest absolute Gasteiger partial charge is 0.444 e. The maximum Gasteiger partial charge on any atom is 0.440 e. The highest BCUT2D eigenvalue weighted by Gasteiger charge is 2.19. The predicted octanol–water partition coefficient (Wildman–Crippen LogP) is 3.86. The van der Waals surface area contributed by atoms with Gasteiger partial charge in [0.2, 0.25) is 0 Å². The van der Waals surface area contributed by atoms with Crippen LogP contribution in [0.25, 0.3) is 0 Å². The van der Waals surface area contributed by atoms with E-state index in [0.717, 1.165) is 44.9 Å². The fraction of sp³-hybridized carbons (Fsp3) is 0.867. The van der Waals surface area contributed by atoms with Gasteiger partial charge in [-0.1, -0.05) is 39.0 Å². The van der Waals surface area contributed by atoms with Crippen molar-refractivity contribution in [3.8, 4) is 0 Å². The van der Waals surface area contributed by atoms with Gasteiger partial charge in [0.15, 0.2) is 0 Å². The Kier molecular flexibility index (Phi) is 8.83. The van der Waals surface area contributed by atoms with E-state index in [4.69, 9.17) is 4.74 Å². The molecule has 1 aliphatic carbocycles. The van der Waals surface area contributed by atoms with Crippen molar-refractivity contribution in [1.82, 2.24) is 5.48 Å². The van der Waals surface area contributed by atoms with Crippen LogP contribution in [0, 0.1) is 0 Å². The van der Waals surface area contributed by atoms with Crippen molar-refractivity contribution in [1.29, 1.82) is 0 Å². The molecule has 0 saturated heterocycles. The minimum Gasteiger partial charge on any atom is -0.444 e. The number of carbonyl (C=O) groups is 2. The average molecular weight is 285 g/mol. The first-order chi connectivity index (χ1) is 9.72. The number of hydrogen-bond donors (Lipinski definition) is 1. The monoisotopic (exact) mass is 285 g/mol. The summed E-state index contributed by atoms with van der Waals surface area (Å²) in [5, 5.41) is 0. The van der Waals surface area contributed by atoms with Gasteiger partial charge in [-0.3, -0.25) is 0 Å². The molecular formula is C15H27NO4. The lowest BCUT2D eigenvalue weighted by molar-refractivity contribution is -0.150. The third-order valence-corrected chi connectivity index (χ3v) is 3.56. The van der Waals surface area contributed by atoms with Crippen LogP contribution in [0.1, 0.15) is 77.6 Å². The summed E-state index contributed by atoms with van der Waals surface area (Å²) in [5.41, 5.74) is 2.06. The van der Waals surface area contributed by atoms with Crippen LogP contribution in [0.4, 0.5) is 4.79 Å². The summed E-state index contributed by atoms with van der Waals surface area (Å²) in [4.78, 5) is 27.4. The molecule has 0 unspecified atom stereocenters. The van der Waals surface area contributed by atoms with Crippen molar-refractivity contribution < 1.29 is 19.2 Å². The van der Waals surface area contributed by atoms with Gasteiger partial charge in [0.05, 0.1) is 0 Å². The highest BCUT2D eigenvalue weighted by Crippen LogP contribution is 2.20. The van der Waals surface area contributed by atoms with Crippen LogP contribution in [0.2, 0.25) is 0 Å². The Balaban J connectivity index is 1.94. The summed E-state index contributed by atoms with van der Waals surface area (Å²) >= 11 is 0. The van der Waals surface area contributed by atoms with E-state index in [0.29, 0.717) is 6.42 Å². The predicted molar refractivity (Wildman–Crippen MR) is 76.0 cm³/mol. The molecular weight excluding hydrogens is 258 g/mol. The summed E-state index contributed by atoms with van der Waals surface area (Å²) in [5.74, 6) is -0.399. The van der Waals surface area contributed by atoms with Gasteiger partial charge >= 0.3 is 12.1 Å². The fourth-order valence-electron chi connectivity index (χ4n) is 2.38. The van der Waals surface area contributed by atoms with Crippen molar-refractivity contribution in [3.63, 3.8) is 0 Å². The number of hydroxylamine groups is 1. The van der Waals surface area contributed by atoms with E-state index >= 15 is 0 Å². The van der Waals surface area contributed by atoms with Crippen molar-refractivity contribution in [3.05, 3.63) is 0 Å². The Morgan fingerprint density at radius 1 is 1.05 bits per heavy atom. The molecule has 1 rings (SSSR count). The van der Waals surface area contributed by atoms with E-state index in [1.54, 1.807) is 0 Å². The number of ether oxygens (including phenoxy) is 1. The molecule has 0 spiro atoms. The number of nitrogens with one attached hydrogen (secondary N) is 1. The van der Waals surface area contributed by atoms with Crippen LogP contribution < -0.4 is 5.48 Å². The van der Waals surface area contributed by atoms with Crippen LogP contribution in [0.15, 0.2) is 0 Å². The number of carbonyl (C=O) groups excluding carboxylic acids is 2. The molecule has 0 aromatic rings. The number of rotatable bonds is 8. The van der Waals surface area contributed by atoms with Gasteiger partial charge in [0.25, 0.3) is 0 Å². The lowest BCUT2D eigenvalue weighted by atomic mass is 10.1. The fourth-order valence-corrected chi connectivity index (χ4v) is 2.38. The first-order valence-corrected chi connectivity index (χ1v) is 7.88. The molecule has 0 atom stereocenters. The number of unbranched alkanes of at least 4 members (excludes halogenated alkanes) is 5. The van der Waals surface area contributed by atoms with Crippen molar-refractivity contribution in [2.24, 2.45) is 0 Å². The topological polar surface area (TPSA) is 64.6 Å². The first-order valence-electron chi connectivity index (χ1n) is 7.88. The normalized spacial score (nSPS) is 15.1. The second kappa shape index (κ2) is 10.5. The molecule has 20 heavy (non-hydrogen) atoms. The van der Waals surface area contributed by atoms with E-state index < -0.39 is 12.1 Å². The zero-order chi connectivity index (χ0) is 14.6. The van der Waals surface area contributed by atoms with Crippen molar-refractivity contribution in [2.45, 2.75) is 83.7 Å². The van der Waals surface area contributed by atoms with Crippen LogP contribution >= 0.6 is 0 Å². The molecule has 0 heterocycles. The third-order valence-electron chi connectivity index (χ3n) is 3.56. The summed E-state index contributed by atoms with van der Waals surface area (Å²) < 4.78 is 5.10. The highest BCUT2D eigenvalue weighted by molar-refractivity contribution is 5.73. The Hall–Kier alpha value is -1.26. The van der Waals surface area contributed by atoms with Gasteiger partial charge in [-0.15, -0.1) is 5.48 Å². The molecule has 116 valence electrons. The number of hydrogen-bond acceptors (Lipinski definition) is 4. The van der Waals surface area contributed by atoms with E-state index in [-0.39, 0.29) is 6.10 Å². The first kappa shape index (κ1) is 16.8. The Labute approximate surface area is 121 Å². The van der Waals surface area contributed by atoms with E-state index in [1.165, 1.54) is 19.3 Å². The third kappa shape index (κ3) is 8.02. The van der Waals surface area contributed by atoms with Gasteiger partial charge in [-0.05, 0) is 32.1 Å². The Bertz CT molecular complexity index is 288. The maximum atomic E-state index is 11.4. The molecule has 0 bridgehead atoms. The summed E-state index contributed by atoms with van der Waals surface area (Å²) in [6, 6.07) is 0. The van der Waals surface area contributed by atoms with E-state index in [9.17, 15) is 9.59 Å². The molecule has 1 N–H and O–H groups in total. The second-order valence-corrected chi connectivity index (χ2v) is 5.41. The van der Waals surface area contributed by atoms with Crippen LogP contribution in [-0.2, 0) is 14.4 Å². The molecule has 0 radical (unpaired) electrons. The lowest BCUT2D eigenvalue weighted by Crippen LogP contribution is -2.30. The van der Waals surface area contributed by atoms with Crippen molar-refractivity contribution in [2.75, 3.05) is 0 Å². The van der Waals surface area contributed by atoms with Crippen LogP contribution in [0.3, 0.4) is 0 Å². The van der Waals surface area contributed by atoms with Gasteiger partial charge in [-0.2, -0.15) is 0 Å². The highest BCUT2D eigenvalue weighted by atomic mass is 16.7. The standard InChI is InChI=1S/C15H27NO4/c1-2-3-4-5-6-7-12-14(17)20-16-15(18)19-13-10-8-9-11-13/h13H,2-12H2,1H3,(H,16,18). The lowest BCUT2D eigenvalue weighted by Gasteiger charge is -2.11. The zero-order valence-corrected chi connectivity index (χ0v) is 12.5. The quantitative estimate of drug-likeness (QED) is 0.543. The maximum absolute atomic E-state index is 11.4. The van der Waals surface area contributed by atoms with E-state index in [2.05, 4.69) is 17.2 Å². The summed E-state index contributed by atoms with van der Waals surface area (Å²) in [6.07, 6.45) is 10.3. The summed E-state index contributed by atoms with van der Waals surface area (Å²) in [7, 11) is 0. The molecule has 0 aromatic heterocycles. The Morgan fingerprint density at radius 3 is 2.40 bits per heavy atom. The molecule has 0 aromatic carbocycles. The second-order valence-electron chi connectivity index (χ2n) is 5.41. The smallest absolute Gasteiger partial charge is 0.440 e. The minimum atomic E-state index is -0.659. The van der Waals surface area contributed by atoms with Gasteiger partial charge in [0.1, 0.15) is 6.10 Å². The minimum absolute atomic E-state index is 0.0210. The SMILES string of the molecule is CCCCCCCCC(=O)ONC(=O)OC1CCCC1. The summed E-state index contributed by atoms with van der Waals surface area (Å²) in [6.45, 7) is 2.17.